The van der Waals surface area contributed by atoms with Gasteiger partial charge in [-0.05, 0) is 18.2 Å². The van der Waals surface area contributed by atoms with E-state index < -0.39 is 0 Å². The lowest BCUT2D eigenvalue weighted by Gasteiger charge is -1.99. The molecule has 104 valence electrons. The Morgan fingerprint density at radius 2 is 2.24 bits per heavy atom. The van der Waals surface area contributed by atoms with Gasteiger partial charge < -0.3 is 9.51 Å². The van der Waals surface area contributed by atoms with Crippen molar-refractivity contribution in [3.63, 3.8) is 0 Å². The van der Waals surface area contributed by atoms with Gasteiger partial charge in [-0.15, -0.1) is 11.8 Å². The van der Waals surface area contributed by atoms with E-state index >= 15 is 0 Å². The van der Waals surface area contributed by atoms with E-state index in [0.717, 1.165) is 0 Å². The zero-order chi connectivity index (χ0) is 14.7. The fourth-order valence-corrected chi connectivity index (χ4v) is 2.49. The Morgan fingerprint density at radius 3 is 3.00 bits per heavy atom. The molecule has 21 heavy (non-hydrogen) atoms. The number of H-pyrrole nitrogens is 1. The summed E-state index contributed by atoms with van der Waals surface area (Å²) >= 11 is 1.30. The molecule has 2 aromatic heterocycles. The van der Waals surface area contributed by atoms with Crippen molar-refractivity contribution in [2.24, 2.45) is 0 Å². The summed E-state index contributed by atoms with van der Waals surface area (Å²) in [5.41, 5.74) is 1.08. The number of rotatable bonds is 4. The number of nitrogens with one attached hydrogen (secondary N) is 1. The van der Waals surface area contributed by atoms with Gasteiger partial charge in [0.1, 0.15) is 17.6 Å². The maximum atomic E-state index is 13.5. The molecule has 0 aliphatic heterocycles. The van der Waals surface area contributed by atoms with Crippen molar-refractivity contribution in [3.8, 4) is 17.7 Å². The molecule has 0 unspecified atom stereocenters. The number of benzene rings is 1. The number of aromatic amines is 1. The van der Waals surface area contributed by atoms with E-state index in [9.17, 15) is 4.39 Å². The van der Waals surface area contributed by atoms with Gasteiger partial charge in [-0.25, -0.2) is 4.39 Å². The van der Waals surface area contributed by atoms with Crippen LogP contribution in [0.25, 0.3) is 11.6 Å². The zero-order valence-corrected chi connectivity index (χ0v) is 11.5. The second kappa shape index (κ2) is 5.81. The van der Waals surface area contributed by atoms with Gasteiger partial charge in [0.25, 0.3) is 5.89 Å². The first-order valence-corrected chi connectivity index (χ1v) is 7.03. The molecule has 0 atom stereocenters. The quantitative estimate of drug-likeness (QED) is 0.747. The summed E-state index contributed by atoms with van der Waals surface area (Å²) in [7, 11) is 0. The fraction of sp³-hybridized carbons (Fsp3) is 0.0714. The molecule has 1 N–H and O–H groups in total. The third kappa shape index (κ3) is 2.95. The zero-order valence-electron chi connectivity index (χ0n) is 10.7. The number of nitriles is 1. The summed E-state index contributed by atoms with van der Waals surface area (Å²) in [4.78, 5) is 7.63. The van der Waals surface area contributed by atoms with Gasteiger partial charge in [0.15, 0.2) is 5.82 Å². The Bertz CT molecular complexity index is 805. The average Bonchev–Trinajstić information content (AvgIpc) is 3.15. The molecule has 2 heterocycles. The Kier molecular flexibility index (Phi) is 3.71. The number of halogens is 1. The van der Waals surface area contributed by atoms with Crippen LogP contribution in [0, 0.1) is 17.1 Å². The molecular weight excluding hydrogens is 291 g/mol. The summed E-state index contributed by atoms with van der Waals surface area (Å²) in [5.74, 6) is 0.900. The van der Waals surface area contributed by atoms with Gasteiger partial charge in [-0.1, -0.05) is 17.3 Å². The Hall–Kier alpha value is -2.59. The third-order valence-electron chi connectivity index (χ3n) is 2.70. The van der Waals surface area contributed by atoms with Crippen LogP contribution in [0.3, 0.4) is 0 Å². The molecule has 7 heteroatoms. The summed E-state index contributed by atoms with van der Waals surface area (Å²) < 4.78 is 18.6. The Labute approximate surface area is 123 Å². The first-order chi connectivity index (χ1) is 10.3. The second-order valence-corrected chi connectivity index (χ2v) is 5.17. The van der Waals surface area contributed by atoms with E-state index in [4.69, 9.17) is 9.78 Å². The monoisotopic (exact) mass is 300 g/mol. The average molecular weight is 300 g/mol. The maximum absolute atomic E-state index is 13.5. The van der Waals surface area contributed by atoms with Crippen molar-refractivity contribution in [3.05, 3.63) is 53.7 Å². The molecule has 0 amide bonds. The predicted octanol–water partition coefficient (Wildman–Crippen LogP) is 3.37. The first kappa shape index (κ1) is 13.4. The molecule has 0 spiro atoms. The second-order valence-electron chi connectivity index (χ2n) is 4.15. The lowest BCUT2D eigenvalue weighted by molar-refractivity contribution is 0.424. The third-order valence-corrected chi connectivity index (χ3v) is 3.75. The summed E-state index contributed by atoms with van der Waals surface area (Å²) in [6.07, 6.45) is 1.56. The van der Waals surface area contributed by atoms with E-state index in [0.29, 0.717) is 33.6 Å². The van der Waals surface area contributed by atoms with Crippen LogP contribution in [-0.2, 0) is 5.75 Å². The fourth-order valence-electron chi connectivity index (χ4n) is 1.71. The van der Waals surface area contributed by atoms with Gasteiger partial charge in [0.05, 0.1) is 11.3 Å². The Morgan fingerprint density at radius 1 is 1.38 bits per heavy atom. The number of hydrogen-bond donors (Lipinski definition) is 1. The van der Waals surface area contributed by atoms with E-state index in [1.54, 1.807) is 30.5 Å². The molecule has 0 aliphatic carbocycles. The van der Waals surface area contributed by atoms with Crippen molar-refractivity contribution in [2.75, 3.05) is 0 Å². The van der Waals surface area contributed by atoms with Crippen LogP contribution in [0.2, 0.25) is 0 Å². The number of aromatic nitrogens is 3. The molecule has 0 bridgehead atoms. The molecule has 0 saturated carbocycles. The minimum atomic E-state index is -0.269. The van der Waals surface area contributed by atoms with Crippen LogP contribution in [0.1, 0.15) is 11.4 Å². The highest BCUT2D eigenvalue weighted by Gasteiger charge is 2.12. The minimum Gasteiger partial charge on any atom is -0.356 e. The lowest BCUT2D eigenvalue weighted by atomic mass is 10.3. The molecule has 5 nitrogen and oxygen atoms in total. The molecule has 0 saturated heterocycles. The van der Waals surface area contributed by atoms with Gasteiger partial charge in [0.2, 0.25) is 0 Å². The van der Waals surface area contributed by atoms with Gasteiger partial charge in [0, 0.05) is 11.1 Å². The van der Waals surface area contributed by atoms with E-state index in [2.05, 4.69) is 15.1 Å². The highest BCUT2D eigenvalue weighted by molar-refractivity contribution is 7.98. The topological polar surface area (TPSA) is 78.5 Å². The first-order valence-electron chi connectivity index (χ1n) is 6.05. The van der Waals surface area contributed by atoms with Crippen molar-refractivity contribution in [2.45, 2.75) is 10.6 Å². The van der Waals surface area contributed by atoms with Crippen LogP contribution >= 0.6 is 11.8 Å². The SMILES string of the molecule is N#Cc1c[nH]c(-c2nc(CSc3ccccc3F)no2)c1. The van der Waals surface area contributed by atoms with E-state index in [-0.39, 0.29) is 5.82 Å². The number of thioether (sulfide) groups is 1. The molecule has 1 aromatic carbocycles. The van der Waals surface area contributed by atoms with Gasteiger partial charge in [-0.3, -0.25) is 0 Å². The highest BCUT2D eigenvalue weighted by atomic mass is 32.2. The molecule has 0 radical (unpaired) electrons. The van der Waals surface area contributed by atoms with Gasteiger partial charge in [-0.2, -0.15) is 10.2 Å². The molecule has 0 aliphatic rings. The molecule has 3 aromatic rings. The van der Waals surface area contributed by atoms with E-state index in [1.165, 1.54) is 17.8 Å². The summed E-state index contributed by atoms with van der Waals surface area (Å²) in [5, 5.41) is 12.6. The number of hydrogen-bond acceptors (Lipinski definition) is 5. The summed E-state index contributed by atoms with van der Waals surface area (Å²) in [6.45, 7) is 0. The van der Waals surface area contributed by atoms with Crippen LogP contribution in [0.5, 0.6) is 0 Å². The largest absolute Gasteiger partial charge is 0.356 e. The number of nitrogens with zero attached hydrogens (tertiary/aromatic N) is 3. The Balaban J connectivity index is 1.71. The highest BCUT2D eigenvalue weighted by Crippen LogP contribution is 2.25. The molecule has 3 rings (SSSR count). The molecular formula is C14H9FN4OS. The van der Waals surface area contributed by atoms with Crippen LogP contribution in [0.15, 0.2) is 45.9 Å². The van der Waals surface area contributed by atoms with Crippen molar-refractivity contribution >= 4 is 11.8 Å². The standard InChI is InChI=1S/C14H9FN4OS/c15-10-3-1-2-4-12(10)21-8-13-18-14(20-19-13)11-5-9(6-16)7-17-11/h1-5,7,17H,8H2. The normalized spacial score (nSPS) is 10.5. The van der Waals surface area contributed by atoms with Gasteiger partial charge >= 0.3 is 0 Å². The van der Waals surface area contributed by atoms with Crippen LogP contribution in [0.4, 0.5) is 4.39 Å². The van der Waals surface area contributed by atoms with Crippen LogP contribution in [-0.4, -0.2) is 15.1 Å². The maximum Gasteiger partial charge on any atom is 0.274 e. The van der Waals surface area contributed by atoms with Crippen LogP contribution < -0.4 is 0 Å². The minimum absolute atomic E-state index is 0.269. The summed E-state index contributed by atoms with van der Waals surface area (Å²) in [6, 6.07) is 10.2. The van der Waals surface area contributed by atoms with Crippen molar-refractivity contribution in [1.82, 2.24) is 15.1 Å². The lowest BCUT2D eigenvalue weighted by Crippen LogP contribution is -1.86. The van der Waals surface area contributed by atoms with E-state index in [1.807, 2.05) is 6.07 Å². The smallest absolute Gasteiger partial charge is 0.274 e. The molecule has 0 fully saturated rings. The van der Waals surface area contributed by atoms with Crippen molar-refractivity contribution < 1.29 is 8.91 Å². The van der Waals surface area contributed by atoms with Crippen molar-refractivity contribution in [1.29, 1.82) is 5.26 Å². The predicted molar refractivity (Wildman–Crippen MR) is 74.8 cm³/mol.